The molecule has 3 aromatic heterocycles. The van der Waals surface area contributed by atoms with E-state index in [4.69, 9.17) is 10.7 Å². The number of likely N-dealkylation sites (tertiary alicyclic amines) is 1. The number of piperidine rings is 1. The minimum Gasteiger partial charge on any atom is -0.384 e. The lowest BCUT2D eigenvalue weighted by Gasteiger charge is -2.32. The number of hydrogen-bond acceptors (Lipinski definition) is 5. The maximum atomic E-state index is 6.22. The number of nitrogens with zero attached hydrogens (tertiary/aromatic N) is 6. The number of hydrogen-bond donors (Lipinski definition) is 1. The molecular formula is C20H29N7. The van der Waals surface area contributed by atoms with Crippen LogP contribution in [0.5, 0.6) is 0 Å². The molecule has 0 bridgehead atoms. The maximum Gasteiger partial charge on any atom is 0.157 e. The van der Waals surface area contributed by atoms with Crippen LogP contribution in [0.2, 0.25) is 0 Å². The van der Waals surface area contributed by atoms with E-state index in [2.05, 4.69) is 33.6 Å². The van der Waals surface area contributed by atoms with Crippen LogP contribution in [0.15, 0.2) is 18.3 Å². The molecule has 27 heavy (non-hydrogen) atoms. The molecule has 0 saturated carbocycles. The number of anilines is 1. The maximum absolute atomic E-state index is 6.22. The van der Waals surface area contributed by atoms with Gasteiger partial charge in [0.05, 0.1) is 17.6 Å². The van der Waals surface area contributed by atoms with Crippen LogP contribution in [0.4, 0.5) is 5.82 Å². The van der Waals surface area contributed by atoms with Gasteiger partial charge in [0, 0.05) is 48.9 Å². The van der Waals surface area contributed by atoms with Gasteiger partial charge in [-0.1, -0.05) is 6.92 Å². The average molecular weight is 368 g/mol. The molecule has 7 heteroatoms. The van der Waals surface area contributed by atoms with Crippen molar-refractivity contribution in [2.24, 2.45) is 0 Å². The Hall–Kier alpha value is -2.41. The Kier molecular flexibility index (Phi) is 4.86. The van der Waals surface area contributed by atoms with Crippen molar-refractivity contribution in [1.82, 2.24) is 29.3 Å². The number of aryl methyl sites for hydroxylation is 2. The SMILES string of the molecule is CCCn1ncc(CN2CCC[C@@H](c3cc(N)n4nc(C)cc4n3)C2)c1C. The molecule has 0 aliphatic carbocycles. The van der Waals surface area contributed by atoms with E-state index < -0.39 is 0 Å². The Balaban J connectivity index is 1.51. The van der Waals surface area contributed by atoms with Crippen LogP contribution in [-0.2, 0) is 13.1 Å². The van der Waals surface area contributed by atoms with Gasteiger partial charge >= 0.3 is 0 Å². The van der Waals surface area contributed by atoms with Crippen molar-refractivity contribution < 1.29 is 0 Å². The monoisotopic (exact) mass is 367 g/mol. The normalized spacial score (nSPS) is 18.4. The van der Waals surface area contributed by atoms with Crippen LogP contribution in [0.25, 0.3) is 5.65 Å². The molecule has 0 aromatic carbocycles. The lowest BCUT2D eigenvalue weighted by atomic mass is 9.94. The molecule has 3 aromatic rings. The minimum atomic E-state index is 0.409. The third-order valence-corrected chi connectivity index (χ3v) is 5.55. The number of nitrogen functional groups attached to an aromatic ring is 1. The molecule has 1 aliphatic rings. The van der Waals surface area contributed by atoms with Crippen LogP contribution < -0.4 is 5.73 Å². The van der Waals surface area contributed by atoms with Crippen molar-refractivity contribution in [2.75, 3.05) is 18.8 Å². The van der Waals surface area contributed by atoms with Gasteiger partial charge in [-0.3, -0.25) is 9.58 Å². The van der Waals surface area contributed by atoms with Gasteiger partial charge in [-0.05, 0) is 39.7 Å². The zero-order chi connectivity index (χ0) is 19.0. The van der Waals surface area contributed by atoms with Crippen molar-refractivity contribution in [3.63, 3.8) is 0 Å². The molecule has 1 aliphatic heterocycles. The van der Waals surface area contributed by atoms with E-state index in [0.29, 0.717) is 11.7 Å². The summed E-state index contributed by atoms with van der Waals surface area (Å²) in [6.45, 7) is 10.4. The van der Waals surface area contributed by atoms with Crippen molar-refractivity contribution in [3.8, 4) is 0 Å². The van der Waals surface area contributed by atoms with Gasteiger partial charge < -0.3 is 5.73 Å². The second-order valence-corrected chi connectivity index (χ2v) is 7.71. The summed E-state index contributed by atoms with van der Waals surface area (Å²) in [7, 11) is 0. The highest BCUT2D eigenvalue weighted by Crippen LogP contribution is 2.28. The second-order valence-electron chi connectivity index (χ2n) is 7.71. The summed E-state index contributed by atoms with van der Waals surface area (Å²) in [5.74, 6) is 1.07. The van der Waals surface area contributed by atoms with Crippen LogP contribution in [0, 0.1) is 13.8 Å². The summed E-state index contributed by atoms with van der Waals surface area (Å²) in [4.78, 5) is 7.37. The van der Waals surface area contributed by atoms with Crippen LogP contribution >= 0.6 is 0 Å². The van der Waals surface area contributed by atoms with E-state index in [9.17, 15) is 0 Å². The van der Waals surface area contributed by atoms with Crippen molar-refractivity contribution in [3.05, 3.63) is 41.0 Å². The summed E-state index contributed by atoms with van der Waals surface area (Å²) in [6, 6.07) is 3.99. The molecule has 1 atom stereocenters. The Morgan fingerprint density at radius 2 is 2.11 bits per heavy atom. The highest BCUT2D eigenvalue weighted by molar-refractivity contribution is 5.48. The topological polar surface area (TPSA) is 77.3 Å². The van der Waals surface area contributed by atoms with Crippen molar-refractivity contribution in [1.29, 1.82) is 0 Å². The molecule has 4 rings (SSSR count). The van der Waals surface area contributed by atoms with Gasteiger partial charge in [0.2, 0.25) is 0 Å². The second kappa shape index (κ2) is 7.31. The molecule has 0 amide bonds. The average Bonchev–Trinajstić information content (AvgIpc) is 3.19. The van der Waals surface area contributed by atoms with Gasteiger partial charge in [0.15, 0.2) is 5.65 Å². The largest absolute Gasteiger partial charge is 0.384 e. The van der Waals surface area contributed by atoms with Gasteiger partial charge in [0.25, 0.3) is 0 Å². The summed E-state index contributed by atoms with van der Waals surface area (Å²) in [5, 5.41) is 8.95. The molecule has 2 N–H and O–H groups in total. The molecule has 0 unspecified atom stereocenters. The van der Waals surface area contributed by atoms with E-state index >= 15 is 0 Å². The standard InChI is InChI=1S/C20H29N7/c1-4-7-26-15(3)17(11-22-26)13-25-8-5-6-16(12-25)18-10-19(21)27-20(23-18)9-14(2)24-27/h9-11,16H,4-8,12-13,21H2,1-3H3/t16-/m1/s1. The fourth-order valence-electron chi connectivity index (χ4n) is 4.10. The van der Waals surface area contributed by atoms with Crippen LogP contribution in [0.1, 0.15) is 54.7 Å². The van der Waals surface area contributed by atoms with Crippen LogP contribution in [-0.4, -0.2) is 42.4 Å². The van der Waals surface area contributed by atoms with E-state index in [1.165, 1.54) is 17.7 Å². The fourth-order valence-corrected chi connectivity index (χ4v) is 4.10. The quantitative estimate of drug-likeness (QED) is 0.750. The smallest absolute Gasteiger partial charge is 0.157 e. The number of rotatable bonds is 5. The van der Waals surface area contributed by atoms with Crippen molar-refractivity contribution in [2.45, 2.75) is 59.0 Å². The Bertz CT molecular complexity index is 939. The van der Waals surface area contributed by atoms with E-state index in [-0.39, 0.29) is 0 Å². The molecule has 1 saturated heterocycles. The van der Waals surface area contributed by atoms with Gasteiger partial charge in [-0.2, -0.15) is 14.7 Å². The molecule has 144 valence electrons. The fraction of sp³-hybridized carbons (Fsp3) is 0.550. The van der Waals surface area contributed by atoms with E-state index in [1.54, 1.807) is 4.52 Å². The van der Waals surface area contributed by atoms with E-state index in [1.807, 2.05) is 25.3 Å². The Labute approximate surface area is 160 Å². The summed E-state index contributed by atoms with van der Waals surface area (Å²) >= 11 is 0. The molecule has 0 radical (unpaired) electrons. The van der Waals surface area contributed by atoms with Crippen molar-refractivity contribution >= 4 is 11.5 Å². The summed E-state index contributed by atoms with van der Waals surface area (Å²) < 4.78 is 3.85. The third kappa shape index (κ3) is 3.56. The Morgan fingerprint density at radius 3 is 2.93 bits per heavy atom. The lowest BCUT2D eigenvalue weighted by Crippen LogP contribution is -2.34. The van der Waals surface area contributed by atoms with E-state index in [0.717, 1.165) is 56.1 Å². The zero-order valence-corrected chi connectivity index (χ0v) is 16.5. The zero-order valence-electron chi connectivity index (χ0n) is 16.5. The molecule has 1 fully saturated rings. The minimum absolute atomic E-state index is 0.409. The number of nitrogens with two attached hydrogens (primary N) is 1. The van der Waals surface area contributed by atoms with Crippen LogP contribution in [0.3, 0.4) is 0 Å². The number of aromatic nitrogens is 5. The first-order valence-corrected chi connectivity index (χ1v) is 9.91. The van der Waals surface area contributed by atoms with Gasteiger partial charge in [-0.15, -0.1) is 0 Å². The molecule has 4 heterocycles. The first-order valence-electron chi connectivity index (χ1n) is 9.91. The van der Waals surface area contributed by atoms with Gasteiger partial charge in [0.1, 0.15) is 5.82 Å². The number of fused-ring (bicyclic) bond motifs is 1. The Morgan fingerprint density at radius 1 is 1.26 bits per heavy atom. The third-order valence-electron chi connectivity index (χ3n) is 5.55. The molecular weight excluding hydrogens is 338 g/mol. The highest BCUT2D eigenvalue weighted by atomic mass is 15.3. The predicted octanol–water partition coefficient (Wildman–Crippen LogP) is 2.91. The lowest BCUT2D eigenvalue weighted by molar-refractivity contribution is 0.198. The summed E-state index contributed by atoms with van der Waals surface area (Å²) in [6.07, 6.45) is 5.47. The molecule has 0 spiro atoms. The highest BCUT2D eigenvalue weighted by Gasteiger charge is 2.24. The van der Waals surface area contributed by atoms with Gasteiger partial charge in [-0.25, -0.2) is 4.98 Å². The first-order chi connectivity index (χ1) is 13.0. The molecule has 7 nitrogen and oxygen atoms in total. The summed E-state index contributed by atoms with van der Waals surface area (Å²) in [5.41, 5.74) is 11.7. The first kappa shape index (κ1) is 18.0. The predicted molar refractivity (Wildman–Crippen MR) is 107 cm³/mol.